The van der Waals surface area contributed by atoms with Gasteiger partial charge in [0, 0.05) is 37.3 Å². The molecule has 0 aliphatic heterocycles. The number of alkyl halides is 3. The minimum atomic E-state index is -4.36. The first-order chi connectivity index (χ1) is 26.9. The van der Waals surface area contributed by atoms with Crippen molar-refractivity contribution in [2.75, 3.05) is 22.5 Å². The van der Waals surface area contributed by atoms with Crippen LogP contribution in [0.25, 0.3) is 0 Å². The second kappa shape index (κ2) is 22.3. The highest BCUT2D eigenvalue weighted by molar-refractivity contribution is 7.80. The van der Waals surface area contributed by atoms with Gasteiger partial charge in [-0.25, -0.2) is 0 Å². The van der Waals surface area contributed by atoms with Crippen molar-refractivity contribution in [3.05, 3.63) is 90.0 Å². The molecule has 0 spiro atoms. The Bertz CT molecular complexity index is 1950. The van der Waals surface area contributed by atoms with Crippen molar-refractivity contribution in [3.63, 3.8) is 0 Å². The quantitative estimate of drug-likeness (QED) is 0.0459. The van der Waals surface area contributed by atoms with Crippen LogP contribution < -0.4 is 31.9 Å². The van der Waals surface area contributed by atoms with Crippen molar-refractivity contribution in [2.24, 2.45) is 5.92 Å². The molecule has 1 aliphatic rings. The molecule has 0 amide bonds. The molecule has 308 valence electrons. The predicted molar refractivity (Wildman–Crippen MR) is 229 cm³/mol. The average Bonchev–Trinajstić information content (AvgIpc) is 3.14. The number of anilines is 3. The van der Waals surface area contributed by atoms with Gasteiger partial charge in [-0.2, -0.15) is 13.2 Å². The van der Waals surface area contributed by atoms with Crippen LogP contribution in [0.15, 0.2) is 78.9 Å². The Kier molecular flexibility index (Phi) is 18.0. The Labute approximate surface area is 345 Å². The number of thiocarbonyl (C=S) groups is 3. The summed E-state index contributed by atoms with van der Waals surface area (Å²) in [5.74, 6) is 0.428. The van der Waals surface area contributed by atoms with Crippen LogP contribution >= 0.6 is 36.7 Å². The summed E-state index contributed by atoms with van der Waals surface area (Å²) in [4.78, 5) is 0. The van der Waals surface area contributed by atoms with Crippen LogP contribution in [-0.4, -0.2) is 58.6 Å². The number of hydrogen-bond donors (Lipinski definition) is 12. The van der Waals surface area contributed by atoms with Gasteiger partial charge in [-0.15, -0.1) is 0 Å². The molecule has 1 saturated carbocycles. The Morgan fingerprint density at radius 1 is 0.614 bits per heavy atom. The second-order valence-electron chi connectivity index (χ2n) is 13.2. The van der Waals surface area contributed by atoms with E-state index in [4.69, 9.17) is 41.8 Å². The van der Waals surface area contributed by atoms with Gasteiger partial charge in [-0.05, 0) is 123 Å². The third-order valence-electron chi connectivity index (χ3n) is 8.12. The van der Waals surface area contributed by atoms with E-state index in [0.717, 1.165) is 24.7 Å². The fourth-order valence-corrected chi connectivity index (χ4v) is 5.97. The van der Waals surface area contributed by atoms with Crippen LogP contribution in [0, 0.1) is 5.92 Å². The number of aromatic hydroxyl groups is 6. The van der Waals surface area contributed by atoms with E-state index in [1.807, 2.05) is 13.8 Å². The van der Waals surface area contributed by atoms with E-state index in [-0.39, 0.29) is 52.2 Å². The summed E-state index contributed by atoms with van der Waals surface area (Å²) in [6.07, 6.45) is 2.14. The van der Waals surface area contributed by atoms with Gasteiger partial charge in [0.2, 0.25) is 0 Å². The number of phenols is 6. The van der Waals surface area contributed by atoms with Gasteiger partial charge in [-0.3, -0.25) is 0 Å². The van der Waals surface area contributed by atoms with Crippen LogP contribution in [-0.2, 0) is 12.7 Å². The normalized spacial score (nSPS) is 12.5. The van der Waals surface area contributed by atoms with Crippen LogP contribution in [0.3, 0.4) is 0 Å². The first kappa shape index (κ1) is 45.9. The van der Waals surface area contributed by atoms with Gasteiger partial charge in [0.15, 0.2) is 15.3 Å². The van der Waals surface area contributed by atoms with Gasteiger partial charge in [0.1, 0.15) is 34.5 Å². The molecule has 0 radical (unpaired) electrons. The zero-order valence-electron chi connectivity index (χ0n) is 31.2. The summed E-state index contributed by atoms with van der Waals surface area (Å²) in [6, 6.07) is 17.6. The van der Waals surface area contributed by atoms with Crippen LogP contribution in [0.2, 0.25) is 0 Å². The highest BCUT2D eigenvalue weighted by Crippen LogP contribution is 2.31. The first-order valence-corrected chi connectivity index (χ1v) is 19.0. The first-order valence-electron chi connectivity index (χ1n) is 17.8. The maximum Gasteiger partial charge on any atom is 0.416 e. The molecule has 0 saturated heterocycles. The molecule has 12 nitrogen and oxygen atoms in total. The summed E-state index contributed by atoms with van der Waals surface area (Å²) in [6.45, 7) is 5.03. The summed E-state index contributed by atoms with van der Waals surface area (Å²) >= 11 is 15.2. The van der Waals surface area contributed by atoms with Gasteiger partial charge >= 0.3 is 6.18 Å². The standard InChI is InChI=1S/C15H13F3N2O2S.C14H20N2O2S.C10H14N2O2S/c16-15(17,18)10-3-1-9(2-4-10)8-19-14(23)20-12-6-5-11(21)7-13(12)22;17-11-6-7-12(13(18)8-11)16-14(19)15-9-10-4-2-1-3-5-10;1-6(2)11-10(15)12-8-4-3-7(13)5-9(8)14/h1-7,21-22H,8H2,(H2,19,20,23);6-8,10,17-18H,1-5,9H2,(H2,15,16,19);3-6,13-14H,1-2H3,(H2,11,12,15). The third-order valence-corrected chi connectivity index (χ3v) is 8.83. The van der Waals surface area contributed by atoms with Crippen molar-refractivity contribution in [2.45, 2.75) is 64.7 Å². The van der Waals surface area contributed by atoms with Crippen molar-refractivity contribution in [1.82, 2.24) is 16.0 Å². The molecule has 4 aromatic carbocycles. The van der Waals surface area contributed by atoms with Crippen molar-refractivity contribution >= 4 is 69.1 Å². The lowest BCUT2D eigenvalue weighted by molar-refractivity contribution is -0.137. The van der Waals surface area contributed by atoms with Gasteiger partial charge in [-0.1, -0.05) is 31.4 Å². The molecular weight excluding hydrogens is 802 g/mol. The number of halogens is 3. The molecule has 0 bridgehead atoms. The fourth-order valence-electron chi connectivity index (χ4n) is 5.25. The van der Waals surface area contributed by atoms with Crippen molar-refractivity contribution < 1.29 is 43.8 Å². The second-order valence-corrected chi connectivity index (χ2v) is 14.4. The van der Waals surface area contributed by atoms with Crippen molar-refractivity contribution in [3.8, 4) is 34.5 Å². The maximum absolute atomic E-state index is 12.5. The zero-order chi connectivity index (χ0) is 42.1. The lowest BCUT2D eigenvalue weighted by atomic mass is 9.89. The van der Waals surface area contributed by atoms with Crippen LogP contribution in [0.4, 0.5) is 30.2 Å². The monoisotopic (exact) mass is 848 g/mol. The lowest BCUT2D eigenvalue weighted by Gasteiger charge is -2.22. The molecule has 1 aliphatic carbocycles. The molecule has 5 rings (SSSR count). The molecule has 4 aromatic rings. The maximum atomic E-state index is 12.5. The van der Waals surface area contributed by atoms with E-state index in [0.29, 0.717) is 38.8 Å². The molecule has 0 aromatic heterocycles. The fraction of sp³-hybridized carbons (Fsp3) is 0.308. The molecule has 0 atom stereocenters. The number of nitrogens with one attached hydrogen (secondary N) is 6. The highest BCUT2D eigenvalue weighted by Gasteiger charge is 2.29. The van der Waals surface area contributed by atoms with Gasteiger partial charge in [0.05, 0.1) is 22.6 Å². The topological polar surface area (TPSA) is 194 Å². The third kappa shape index (κ3) is 17.1. The SMILES string of the molecule is CC(C)NC(=S)Nc1ccc(O)cc1O.Oc1ccc(NC(=S)NCC2CCCCC2)c(O)c1.Oc1ccc(NC(=S)NCc2ccc(C(F)(F)F)cc2)c(O)c1. The Balaban J connectivity index is 0.000000234. The number of rotatable bonds is 8. The lowest BCUT2D eigenvalue weighted by Crippen LogP contribution is -2.33. The molecular formula is C39H47F3N6O6S3. The van der Waals surface area contributed by atoms with E-state index >= 15 is 0 Å². The largest absolute Gasteiger partial charge is 0.508 e. The number of hydrogen-bond acceptors (Lipinski definition) is 9. The molecule has 0 heterocycles. The van der Waals surface area contributed by atoms with Crippen LogP contribution in [0.5, 0.6) is 34.5 Å². The van der Waals surface area contributed by atoms with Crippen molar-refractivity contribution in [1.29, 1.82) is 0 Å². The Morgan fingerprint density at radius 3 is 1.44 bits per heavy atom. The zero-order valence-corrected chi connectivity index (χ0v) is 33.6. The molecule has 57 heavy (non-hydrogen) atoms. The Hall–Kier alpha value is -5.46. The van der Waals surface area contributed by atoms with Crippen LogP contribution in [0.1, 0.15) is 57.1 Å². The van der Waals surface area contributed by atoms with E-state index in [1.165, 1.54) is 80.6 Å². The van der Waals surface area contributed by atoms with E-state index in [9.17, 15) is 38.7 Å². The molecule has 18 heteroatoms. The van der Waals surface area contributed by atoms with Gasteiger partial charge < -0.3 is 62.5 Å². The number of benzene rings is 4. The van der Waals surface area contributed by atoms with E-state index in [2.05, 4.69) is 31.9 Å². The summed E-state index contributed by atoms with van der Waals surface area (Å²) in [5, 5.41) is 74.8. The average molecular weight is 849 g/mol. The van der Waals surface area contributed by atoms with E-state index in [1.54, 1.807) is 12.1 Å². The Morgan fingerprint density at radius 2 is 1.04 bits per heavy atom. The summed E-state index contributed by atoms with van der Waals surface area (Å²) < 4.78 is 37.4. The smallest absolute Gasteiger partial charge is 0.416 e. The predicted octanol–water partition coefficient (Wildman–Crippen LogP) is 8.36. The minimum absolute atomic E-state index is 0.0122. The summed E-state index contributed by atoms with van der Waals surface area (Å²) in [7, 11) is 0. The van der Waals surface area contributed by atoms with E-state index < -0.39 is 11.7 Å². The summed E-state index contributed by atoms with van der Waals surface area (Å²) in [5.41, 5.74) is 1.17. The molecule has 0 unspecified atom stereocenters. The molecule has 1 fully saturated rings. The minimum Gasteiger partial charge on any atom is -0.508 e. The highest BCUT2D eigenvalue weighted by atomic mass is 32.1. The van der Waals surface area contributed by atoms with Gasteiger partial charge in [0.25, 0.3) is 0 Å². The number of phenolic OH excluding ortho intramolecular Hbond substituents is 6. The molecule has 12 N–H and O–H groups in total.